The topological polar surface area (TPSA) is 106 Å². The predicted octanol–water partition coefficient (Wildman–Crippen LogP) is 2.36. The molecule has 0 aliphatic heterocycles. The van der Waals surface area contributed by atoms with Gasteiger partial charge in [-0.15, -0.1) is 0 Å². The van der Waals surface area contributed by atoms with E-state index in [1.54, 1.807) is 0 Å². The zero-order valence-electron chi connectivity index (χ0n) is 12.5. The number of benzene rings is 1. The maximum absolute atomic E-state index is 5.97. The first-order chi connectivity index (χ1) is 10.7. The first kappa shape index (κ1) is 14.3. The van der Waals surface area contributed by atoms with Gasteiger partial charge in [0.05, 0.1) is 5.39 Å². The van der Waals surface area contributed by atoms with Gasteiger partial charge in [0, 0.05) is 18.8 Å². The summed E-state index contributed by atoms with van der Waals surface area (Å²) in [5, 5.41) is 4.40. The molecule has 0 bridgehead atoms. The van der Waals surface area contributed by atoms with Gasteiger partial charge in [-0.2, -0.15) is 9.97 Å². The van der Waals surface area contributed by atoms with Gasteiger partial charge in [0.2, 0.25) is 5.95 Å². The molecule has 3 rings (SSSR count). The van der Waals surface area contributed by atoms with Crippen molar-refractivity contribution in [2.75, 3.05) is 11.5 Å². The average Bonchev–Trinajstić information content (AvgIpc) is 2.92. The highest BCUT2D eigenvalue weighted by Crippen LogP contribution is 2.24. The lowest BCUT2D eigenvalue weighted by Gasteiger charge is -2.17. The van der Waals surface area contributed by atoms with E-state index in [0.717, 1.165) is 17.4 Å². The summed E-state index contributed by atoms with van der Waals surface area (Å²) in [5.74, 6) is 0.593. The molecule has 0 aliphatic rings. The minimum absolute atomic E-state index is 0.182. The Morgan fingerprint density at radius 3 is 2.68 bits per heavy atom. The summed E-state index contributed by atoms with van der Waals surface area (Å²) >= 11 is 0. The number of aromatic amines is 1. The number of fused-ring (bicyclic) bond motifs is 1. The molecule has 6 heteroatoms. The molecule has 6 N–H and O–H groups in total. The Bertz CT molecular complexity index is 765. The second-order valence-corrected chi connectivity index (χ2v) is 5.26. The fourth-order valence-corrected chi connectivity index (χ4v) is 2.70. The zero-order valence-corrected chi connectivity index (χ0v) is 12.5. The third-order valence-corrected chi connectivity index (χ3v) is 3.81. The Labute approximate surface area is 129 Å². The number of nitrogens with two attached hydrogens (primary N) is 2. The minimum atomic E-state index is 0.182. The van der Waals surface area contributed by atoms with Crippen LogP contribution in [0.5, 0.6) is 0 Å². The highest BCUT2D eigenvalue weighted by Gasteiger charge is 2.13. The van der Waals surface area contributed by atoms with Crippen LogP contribution in [0.15, 0.2) is 36.5 Å². The lowest BCUT2D eigenvalue weighted by Crippen LogP contribution is -2.20. The van der Waals surface area contributed by atoms with Crippen molar-refractivity contribution < 1.29 is 0 Å². The molecule has 0 fully saturated rings. The van der Waals surface area contributed by atoms with Crippen LogP contribution in [0.4, 0.5) is 11.8 Å². The molecule has 0 aliphatic carbocycles. The molecule has 3 aromatic rings. The fourth-order valence-electron chi connectivity index (χ4n) is 2.70. The van der Waals surface area contributed by atoms with Gasteiger partial charge in [0.15, 0.2) is 0 Å². The van der Waals surface area contributed by atoms with Crippen molar-refractivity contribution in [3.8, 4) is 0 Å². The predicted molar refractivity (Wildman–Crippen MR) is 89.0 cm³/mol. The van der Waals surface area contributed by atoms with Gasteiger partial charge < -0.3 is 21.8 Å². The van der Waals surface area contributed by atoms with E-state index < -0.39 is 0 Å². The van der Waals surface area contributed by atoms with E-state index in [-0.39, 0.29) is 5.95 Å². The molecular weight excluding hydrogens is 276 g/mol. The molecular formula is C16H20N6. The van der Waals surface area contributed by atoms with E-state index in [0.29, 0.717) is 24.1 Å². The second kappa shape index (κ2) is 6.03. The lowest BCUT2D eigenvalue weighted by atomic mass is 10.0. The molecule has 0 amide bonds. The molecule has 1 atom stereocenters. The van der Waals surface area contributed by atoms with Crippen molar-refractivity contribution in [3.63, 3.8) is 0 Å². The first-order valence-corrected chi connectivity index (χ1v) is 7.36. The molecule has 0 radical (unpaired) electrons. The van der Waals surface area contributed by atoms with E-state index in [9.17, 15) is 0 Å². The van der Waals surface area contributed by atoms with E-state index in [1.807, 2.05) is 12.3 Å². The number of H-pyrrole nitrogens is 1. The maximum Gasteiger partial charge on any atom is 0.223 e. The van der Waals surface area contributed by atoms with Crippen molar-refractivity contribution in [1.82, 2.24) is 20.3 Å². The van der Waals surface area contributed by atoms with Gasteiger partial charge in [-0.25, -0.2) is 0 Å². The molecule has 0 saturated heterocycles. The molecule has 1 aromatic carbocycles. The highest BCUT2D eigenvalue weighted by atomic mass is 15.1. The van der Waals surface area contributed by atoms with Crippen molar-refractivity contribution in [1.29, 1.82) is 0 Å². The van der Waals surface area contributed by atoms with Crippen LogP contribution in [-0.4, -0.2) is 15.0 Å². The number of hydrogen-bond donors (Lipinski definition) is 4. The number of rotatable bonds is 5. The molecule has 0 saturated carbocycles. The summed E-state index contributed by atoms with van der Waals surface area (Å²) in [6, 6.07) is 10.7. The Morgan fingerprint density at radius 2 is 1.95 bits per heavy atom. The van der Waals surface area contributed by atoms with Crippen molar-refractivity contribution in [3.05, 3.63) is 47.7 Å². The molecule has 114 valence electrons. The molecule has 2 aromatic heterocycles. The third-order valence-electron chi connectivity index (χ3n) is 3.81. The summed E-state index contributed by atoms with van der Waals surface area (Å²) in [7, 11) is 0. The average molecular weight is 296 g/mol. The van der Waals surface area contributed by atoms with Crippen LogP contribution >= 0.6 is 0 Å². The summed E-state index contributed by atoms with van der Waals surface area (Å²) in [4.78, 5) is 11.3. The molecule has 22 heavy (non-hydrogen) atoms. The Hall–Kier alpha value is -2.60. The summed E-state index contributed by atoms with van der Waals surface area (Å²) in [6.07, 6.45) is 2.91. The number of aromatic nitrogens is 3. The van der Waals surface area contributed by atoms with Gasteiger partial charge in [-0.05, 0) is 17.5 Å². The quantitative estimate of drug-likeness (QED) is 0.578. The summed E-state index contributed by atoms with van der Waals surface area (Å²) < 4.78 is 0. The van der Waals surface area contributed by atoms with Crippen LogP contribution < -0.4 is 16.8 Å². The van der Waals surface area contributed by atoms with Crippen LogP contribution in [0.25, 0.3) is 11.0 Å². The van der Waals surface area contributed by atoms with E-state index in [4.69, 9.17) is 11.5 Å². The number of nitrogens with one attached hydrogen (secondary N) is 2. The molecule has 6 nitrogen and oxygen atoms in total. The van der Waals surface area contributed by atoms with Crippen LogP contribution in [0.2, 0.25) is 0 Å². The Kier molecular flexibility index (Phi) is 3.93. The Balaban J connectivity index is 1.82. The van der Waals surface area contributed by atoms with Crippen LogP contribution in [0.3, 0.4) is 0 Å². The van der Waals surface area contributed by atoms with Crippen LogP contribution in [0, 0.1) is 0 Å². The van der Waals surface area contributed by atoms with Gasteiger partial charge in [-0.3, -0.25) is 0 Å². The van der Waals surface area contributed by atoms with Crippen molar-refractivity contribution in [2.24, 2.45) is 0 Å². The molecule has 1 unspecified atom stereocenters. The number of nitrogens with zero attached hydrogens (tertiary/aromatic N) is 2. The first-order valence-electron chi connectivity index (χ1n) is 7.36. The Morgan fingerprint density at radius 1 is 1.18 bits per heavy atom. The van der Waals surface area contributed by atoms with Crippen molar-refractivity contribution in [2.45, 2.75) is 25.9 Å². The highest BCUT2D eigenvalue weighted by molar-refractivity contribution is 5.90. The normalized spacial score (nSPS) is 12.6. The van der Waals surface area contributed by atoms with E-state index >= 15 is 0 Å². The number of nitrogen functional groups attached to an aromatic ring is 2. The summed E-state index contributed by atoms with van der Waals surface area (Å²) in [6.45, 7) is 2.85. The van der Waals surface area contributed by atoms with Gasteiger partial charge in [-0.1, -0.05) is 37.3 Å². The molecule has 2 heterocycles. The minimum Gasteiger partial charge on any atom is -0.383 e. The second-order valence-electron chi connectivity index (χ2n) is 5.26. The van der Waals surface area contributed by atoms with Gasteiger partial charge in [0.25, 0.3) is 0 Å². The monoisotopic (exact) mass is 296 g/mol. The standard InChI is InChI=1S/C16H20N6/c1-2-12(10-6-4-3-5-7-10)19-8-11-9-20-15-13(11)14(17)21-16(18)22-15/h3-7,9,12,19H,2,8H2,1H3,(H5,17,18,20,21,22). The van der Waals surface area contributed by atoms with Crippen LogP contribution in [0.1, 0.15) is 30.5 Å². The van der Waals surface area contributed by atoms with E-state index in [1.165, 1.54) is 5.56 Å². The number of hydrogen-bond acceptors (Lipinski definition) is 5. The smallest absolute Gasteiger partial charge is 0.223 e. The summed E-state index contributed by atoms with van der Waals surface area (Å²) in [5.41, 5.74) is 14.6. The third kappa shape index (κ3) is 2.73. The van der Waals surface area contributed by atoms with Gasteiger partial charge in [0.1, 0.15) is 11.5 Å². The fraction of sp³-hybridized carbons (Fsp3) is 0.250. The molecule has 0 spiro atoms. The van der Waals surface area contributed by atoms with Gasteiger partial charge >= 0.3 is 0 Å². The number of anilines is 2. The zero-order chi connectivity index (χ0) is 15.5. The van der Waals surface area contributed by atoms with E-state index in [2.05, 4.69) is 51.5 Å². The maximum atomic E-state index is 5.97. The lowest BCUT2D eigenvalue weighted by molar-refractivity contribution is 0.520. The van der Waals surface area contributed by atoms with Crippen molar-refractivity contribution >= 4 is 22.8 Å². The SMILES string of the molecule is CCC(NCc1c[nH]c2nc(N)nc(N)c12)c1ccccc1. The van der Waals surface area contributed by atoms with Crippen LogP contribution in [-0.2, 0) is 6.54 Å². The largest absolute Gasteiger partial charge is 0.383 e.